The number of benzene rings is 2. The summed E-state index contributed by atoms with van der Waals surface area (Å²) in [4.78, 5) is 3.64. The molecule has 2 nitrogen and oxygen atoms in total. The molecule has 24 heavy (non-hydrogen) atoms. The molecule has 1 atom stereocenters. The van der Waals surface area contributed by atoms with E-state index in [-0.39, 0.29) is 0 Å². The van der Waals surface area contributed by atoms with Crippen molar-refractivity contribution in [3.63, 3.8) is 0 Å². The molecule has 0 aromatic heterocycles. The van der Waals surface area contributed by atoms with Gasteiger partial charge in [-0.15, -0.1) is 11.8 Å². The molecule has 3 rings (SSSR count). The van der Waals surface area contributed by atoms with E-state index in [0.717, 1.165) is 12.3 Å². The highest BCUT2D eigenvalue weighted by Crippen LogP contribution is 2.47. The van der Waals surface area contributed by atoms with E-state index < -0.39 is 0 Å². The van der Waals surface area contributed by atoms with Gasteiger partial charge in [0, 0.05) is 22.9 Å². The molecule has 2 aromatic carbocycles. The number of unbranched alkanes of at least 4 members (excludes halogenated alkanes) is 1. The number of para-hydroxylation sites is 1. The summed E-state index contributed by atoms with van der Waals surface area (Å²) >= 11 is 1.90. The van der Waals surface area contributed by atoms with Gasteiger partial charge in [-0.05, 0) is 48.6 Å². The van der Waals surface area contributed by atoms with Gasteiger partial charge in [0.1, 0.15) is 5.75 Å². The third kappa shape index (κ3) is 3.56. The first-order valence-corrected chi connectivity index (χ1v) is 9.94. The number of fused-ring (bicyclic) bond motifs is 1. The molecule has 0 saturated heterocycles. The molecule has 0 aliphatic carbocycles. The summed E-state index contributed by atoms with van der Waals surface area (Å²) in [6.45, 7) is 5.64. The van der Waals surface area contributed by atoms with Crippen LogP contribution in [0.3, 0.4) is 0 Å². The molecular weight excluding hydrogens is 314 g/mol. The van der Waals surface area contributed by atoms with Crippen LogP contribution in [0.4, 0.5) is 11.4 Å². The lowest BCUT2D eigenvalue weighted by Gasteiger charge is -2.36. The number of thioether (sulfide) groups is 1. The number of nitrogens with zero attached hydrogens (tertiary/aromatic N) is 1. The van der Waals surface area contributed by atoms with Gasteiger partial charge in [-0.2, -0.15) is 0 Å². The summed E-state index contributed by atoms with van der Waals surface area (Å²) < 4.78 is 0. The molecule has 1 unspecified atom stereocenters. The molecule has 0 saturated carbocycles. The number of rotatable bonds is 5. The van der Waals surface area contributed by atoms with Crippen molar-refractivity contribution >= 4 is 23.1 Å². The zero-order chi connectivity index (χ0) is 17.0. The summed E-state index contributed by atoms with van der Waals surface area (Å²) in [6.07, 6.45) is 4.96. The predicted molar refractivity (Wildman–Crippen MR) is 105 cm³/mol. The average molecular weight is 342 g/mol. The zero-order valence-corrected chi connectivity index (χ0v) is 15.5. The van der Waals surface area contributed by atoms with Gasteiger partial charge in [0.05, 0.1) is 5.69 Å². The molecule has 1 heterocycles. The van der Waals surface area contributed by atoms with E-state index >= 15 is 0 Å². The van der Waals surface area contributed by atoms with Crippen molar-refractivity contribution in [3.05, 3.63) is 48.5 Å². The Morgan fingerprint density at radius 3 is 2.62 bits per heavy atom. The van der Waals surface area contributed by atoms with Gasteiger partial charge in [0.2, 0.25) is 0 Å². The van der Waals surface area contributed by atoms with Crippen molar-refractivity contribution in [1.29, 1.82) is 0 Å². The van der Waals surface area contributed by atoms with Crippen LogP contribution in [0.15, 0.2) is 53.4 Å². The largest absolute Gasteiger partial charge is 0.508 e. The van der Waals surface area contributed by atoms with Crippen molar-refractivity contribution in [1.82, 2.24) is 0 Å². The van der Waals surface area contributed by atoms with E-state index in [1.165, 1.54) is 42.0 Å². The van der Waals surface area contributed by atoms with Gasteiger partial charge in [-0.1, -0.05) is 44.9 Å². The summed E-state index contributed by atoms with van der Waals surface area (Å²) in [5.74, 6) is 1.47. The van der Waals surface area contributed by atoms with Crippen LogP contribution < -0.4 is 4.90 Å². The van der Waals surface area contributed by atoms with Crippen molar-refractivity contribution in [2.45, 2.75) is 44.4 Å². The van der Waals surface area contributed by atoms with Gasteiger partial charge in [-0.25, -0.2) is 0 Å². The SMILES string of the molecule is CCCCC1(CC)CSc2cc(O)ccc2N(c2ccccc2)C1. The summed E-state index contributed by atoms with van der Waals surface area (Å²) in [5, 5.41) is 9.93. The highest BCUT2D eigenvalue weighted by atomic mass is 32.2. The second-order valence-electron chi connectivity index (χ2n) is 6.82. The summed E-state index contributed by atoms with van der Waals surface area (Å²) in [5.41, 5.74) is 2.77. The monoisotopic (exact) mass is 341 g/mol. The van der Waals surface area contributed by atoms with Gasteiger partial charge in [0.25, 0.3) is 0 Å². The zero-order valence-electron chi connectivity index (χ0n) is 14.7. The molecule has 2 aromatic rings. The lowest BCUT2D eigenvalue weighted by Crippen LogP contribution is -2.35. The number of phenols is 1. The maximum atomic E-state index is 9.93. The van der Waals surface area contributed by atoms with Gasteiger partial charge in [0.15, 0.2) is 0 Å². The van der Waals surface area contributed by atoms with E-state index in [9.17, 15) is 5.11 Å². The van der Waals surface area contributed by atoms with Crippen LogP contribution in [0.1, 0.15) is 39.5 Å². The minimum atomic E-state index is 0.311. The molecule has 128 valence electrons. The molecular formula is C21H27NOS. The van der Waals surface area contributed by atoms with Gasteiger partial charge < -0.3 is 10.0 Å². The van der Waals surface area contributed by atoms with Crippen LogP contribution in [0.25, 0.3) is 0 Å². The fourth-order valence-electron chi connectivity index (χ4n) is 3.47. The van der Waals surface area contributed by atoms with E-state index in [2.05, 4.69) is 55.1 Å². The first kappa shape index (κ1) is 17.2. The molecule has 1 N–H and O–H groups in total. The molecule has 0 radical (unpaired) electrons. The Labute approximate surface area is 149 Å². The van der Waals surface area contributed by atoms with Crippen LogP contribution in [0.2, 0.25) is 0 Å². The maximum Gasteiger partial charge on any atom is 0.116 e. The van der Waals surface area contributed by atoms with Crippen LogP contribution in [-0.2, 0) is 0 Å². The Morgan fingerprint density at radius 2 is 1.92 bits per heavy atom. The third-order valence-electron chi connectivity index (χ3n) is 5.14. The number of anilines is 2. The number of hydrogen-bond acceptors (Lipinski definition) is 3. The molecule has 0 spiro atoms. The minimum Gasteiger partial charge on any atom is -0.508 e. The minimum absolute atomic E-state index is 0.311. The Hall–Kier alpha value is -1.61. The Morgan fingerprint density at radius 1 is 1.12 bits per heavy atom. The number of aromatic hydroxyl groups is 1. The Kier molecular flexibility index (Phi) is 5.40. The van der Waals surface area contributed by atoms with Crippen molar-refractivity contribution in [2.24, 2.45) is 5.41 Å². The van der Waals surface area contributed by atoms with Crippen LogP contribution >= 0.6 is 11.8 Å². The molecule has 1 aliphatic rings. The lowest BCUT2D eigenvalue weighted by atomic mass is 9.81. The fraction of sp³-hybridized carbons (Fsp3) is 0.429. The number of phenolic OH excluding ortho intramolecular Hbond substituents is 1. The second kappa shape index (κ2) is 7.52. The topological polar surface area (TPSA) is 23.5 Å². The third-order valence-corrected chi connectivity index (χ3v) is 6.53. The van der Waals surface area contributed by atoms with Gasteiger partial charge in [-0.3, -0.25) is 0 Å². The predicted octanol–water partition coefficient (Wildman–Crippen LogP) is 6.22. The van der Waals surface area contributed by atoms with Crippen LogP contribution in [0.5, 0.6) is 5.75 Å². The van der Waals surface area contributed by atoms with Crippen molar-refractivity contribution in [2.75, 3.05) is 17.2 Å². The summed E-state index contributed by atoms with van der Waals surface area (Å²) in [6, 6.07) is 16.4. The smallest absolute Gasteiger partial charge is 0.116 e. The van der Waals surface area contributed by atoms with Gasteiger partial charge >= 0.3 is 0 Å². The maximum absolute atomic E-state index is 9.93. The van der Waals surface area contributed by atoms with E-state index in [4.69, 9.17) is 0 Å². The fourth-order valence-corrected chi connectivity index (χ4v) is 4.90. The lowest BCUT2D eigenvalue weighted by molar-refractivity contribution is 0.295. The Bertz CT molecular complexity index is 673. The quantitative estimate of drug-likeness (QED) is 0.698. The van der Waals surface area contributed by atoms with E-state index in [0.29, 0.717) is 11.2 Å². The average Bonchev–Trinajstić information content (AvgIpc) is 2.78. The molecule has 0 amide bonds. The van der Waals surface area contributed by atoms with E-state index in [1.54, 1.807) is 6.07 Å². The summed E-state index contributed by atoms with van der Waals surface area (Å²) in [7, 11) is 0. The molecule has 0 bridgehead atoms. The first-order valence-electron chi connectivity index (χ1n) is 8.96. The highest BCUT2D eigenvalue weighted by molar-refractivity contribution is 7.99. The second-order valence-corrected chi connectivity index (χ2v) is 7.84. The first-order chi connectivity index (χ1) is 11.7. The molecule has 1 aliphatic heterocycles. The van der Waals surface area contributed by atoms with E-state index in [1.807, 2.05) is 17.8 Å². The van der Waals surface area contributed by atoms with Crippen LogP contribution in [0, 0.1) is 5.41 Å². The standard InChI is InChI=1S/C21H27NOS/c1-3-5-13-21(4-2)15-22(17-9-7-6-8-10-17)19-12-11-18(23)14-20(19)24-16-21/h6-12,14,23H,3-5,13,15-16H2,1-2H3. The van der Waals surface area contributed by atoms with Crippen LogP contribution in [-0.4, -0.2) is 17.4 Å². The Balaban J connectivity index is 2.04. The number of hydrogen-bond donors (Lipinski definition) is 1. The van der Waals surface area contributed by atoms with Crippen molar-refractivity contribution in [3.8, 4) is 5.75 Å². The highest BCUT2D eigenvalue weighted by Gasteiger charge is 2.34. The normalized spacial score (nSPS) is 20.5. The molecule has 0 fully saturated rings. The molecule has 3 heteroatoms. The van der Waals surface area contributed by atoms with Crippen molar-refractivity contribution < 1.29 is 5.11 Å².